The minimum Gasteiger partial charge on any atom is -0.345 e. The van der Waals surface area contributed by atoms with Gasteiger partial charge in [0.05, 0.1) is 0 Å². The van der Waals surface area contributed by atoms with Crippen LogP contribution in [0.2, 0.25) is 0 Å². The number of carbonyl (C=O) groups is 1. The fourth-order valence-electron chi connectivity index (χ4n) is 2.09. The van der Waals surface area contributed by atoms with Gasteiger partial charge in [0.25, 0.3) is 5.91 Å². The largest absolute Gasteiger partial charge is 0.345 e. The van der Waals surface area contributed by atoms with Gasteiger partial charge in [-0.25, -0.2) is 0 Å². The Morgan fingerprint density at radius 1 is 1.10 bits per heavy atom. The van der Waals surface area contributed by atoms with Gasteiger partial charge in [-0.05, 0) is 37.5 Å². The standard InChI is InChI=1S/C19H19NO/c1-15-8-9-18(16(2)14-15)10-11-19(21)20-13-12-17-6-4-3-5-7-17/h3-9,14H,12-13H2,1-2H3,(H,20,21). The van der Waals surface area contributed by atoms with Crippen LogP contribution in [0.5, 0.6) is 0 Å². The van der Waals surface area contributed by atoms with E-state index >= 15 is 0 Å². The Hall–Kier alpha value is -2.53. The normalized spacial score (nSPS) is 9.62. The number of aryl methyl sites for hydroxylation is 2. The van der Waals surface area contributed by atoms with Crippen molar-refractivity contribution < 1.29 is 4.79 Å². The zero-order valence-electron chi connectivity index (χ0n) is 12.4. The van der Waals surface area contributed by atoms with Crippen molar-refractivity contribution in [3.8, 4) is 11.8 Å². The molecule has 0 aliphatic rings. The van der Waals surface area contributed by atoms with Gasteiger partial charge in [-0.3, -0.25) is 4.79 Å². The van der Waals surface area contributed by atoms with Gasteiger partial charge < -0.3 is 5.32 Å². The van der Waals surface area contributed by atoms with Crippen LogP contribution in [0.15, 0.2) is 48.5 Å². The molecule has 2 aromatic carbocycles. The molecule has 0 radical (unpaired) electrons. The summed E-state index contributed by atoms with van der Waals surface area (Å²) in [5, 5.41) is 2.82. The summed E-state index contributed by atoms with van der Waals surface area (Å²) < 4.78 is 0. The lowest BCUT2D eigenvalue weighted by molar-refractivity contribution is -0.115. The molecule has 2 rings (SSSR count). The molecule has 21 heavy (non-hydrogen) atoms. The molecule has 0 unspecified atom stereocenters. The SMILES string of the molecule is Cc1ccc(C#CC(=O)NCCc2ccccc2)c(C)c1. The molecule has 0 fully saturated rings. The molecule has 2 aromatic rings. The number of benzene rings is 2. The molecule has 0 bridgehead atoms. The van der Waals surface area contributed by atoms with Crippen LogP contribution in [0.1, 0.15) is 22.3 Å². The summed E-state index contributed by atoms with van der Waals surface area (Å²) in [6, 6.07) is 16.1. The monoisotopic (exact) mass is 277 g/mol. The predicted molar refractivity (Wildman–Crippen MR) is 85.9 cm³/mol. The van der Waals surface area contributed by atoms with E-state index < -0.39 is 0 Å². The molecular formula is C19H19NO. The van der Waals surface area contributed by atoms with Gasteiger partial charge in [0.2, 0.25) is 0 Å². The molecule has 106 valence electrons. The van der Waals surface area contributed by atoms with Crippen molar-refractivity contribution in [1.29, 1.82) is 0 Å². The highest BCUT2D eigenvalue weighted by molar-refractivity contribution is 5.94. The Balaban J connectivity index is 1.86. The first-order valence-corrected chi connectivity index (χ1v) is 7.06. The summed E-state index contributed by atoms with van der Waals surface area (Å²) in [5.41, 5.74) is 4.41. The van der Waals surface area contributed by atoms with Gasteiger partial charge in [-0.15, -0.1) is 0 Å². The van der Waals surface area contributed by atoms with Crippen LogP contribution in [0, 0.1) is 25.7 Å². The van der Waals surface area contributed by atoms with Crippen molar-refractivity contribution in [2.75, 3.05) is 6.54 Å². The summed E-state index contributed by atoms with van der Waals surface area (Å²) in [4.78, 5) is 11.7. The number of nitrogens with one attached hydrogen (secondary N) is 1. The number of carbonyl (C=O) groups excluding carboxylic acids is 1. The second-order valence-corrected chi connectivity index (χ2v) is 5.06. The quantitative estimate of drug-likeness (QED) is 0.859. The minimum atomic E-state index is -0.231. The van der Waals surface area contributed by atoms with E-state index in [0.29, 0.717) is 6.54 Å². The van der Waals surface area contributed by atoms with Crippen LogP contribution in [0.25, 0.3) is 0 Å². The summed E-state index contributed by atoms with van der Waals surface area (Å²) in [6.07, 6.45) is 0.817. The molecule has 2 heteroatoms. The van der Waals surface area contributed by atoms with Crippen molar-refractivity contribution in [3.63, 3.8) is 0 Å². The Morgan fingerprint density at radius 2 is 1.86 bits per heavy atom. The summed E-state index contributed by atoms with van der Waals surface area (Å²) >= 11 is 0. The Kier molecular flexibility index (Phi) is 5.17. The smallest absolute Gasteiger partial charge is 0.296 e. The first-order chi connectivity index (χ1) is 10.1. The first kappa shape index (κ1) is 14.9. The lowest BCUT2D eigenvalue weighted by Crippen LogP contribution is -2.23. The fourth-order valence-corrected chi connectivity index (χ4v) is 2.09. The molecule has 1 amide bonds. The minimum absolute atomic E-state index is 0.231. The third-order valence-corrected chi connectivity index (χ3v) is 3.23. The lowest BCUT2D eigenvalue weighted by Gasteiger charge is -2.01. The average Bonchev–Trinajstić information content (AvgIpc) is 2.47. The van der Waals surface area contributed by atoms with E-state index in [9.17, 15) is 4.79 Å². The van der Waals surface area contributed by atoms with Crippen LogP contribution in [0.4, 0.5) is 0 Å². The second-order valence-electron chi connectivity index (χ2n) is 5.06. The van der Waals surface area contributed by atoms with Crippen molar-refractivity contribution >= 4 is 5.91 Å². The summed E-state index contributed by atoms with van der Waals surface area (Å²) in [5.74, 6) is 5.34. The number of hydrogen-bond acceptors (Lipinski definition) is 1. The molecule has 0 spiro atoms. The maximum absolute atomic E-state index is 11.7. The van der Waals surface area contributed by atoms with E-state index in [1.54, 1.807) is 0 Å². The third kappa shape index (κ3) is 4.81. The maximum Gasteiger partial charge on any atom is 0.296 e. The second kappa shape index (κ2) is 7.31. The summed E-state index contributed by atoms with van der Waals surface area (Å²) in [6.45, 7) is 4.65. The molecular weight excluding hydrogens is 258 g/mol. The van der Waals surface area contributed by atoms with Gasteiger partial charge in [0, 0.05) is 18.0 Å². The summed E-state index contributed by atoms with van der Waals surface area (Å²) in [7, 11) is 0. The Labute approximate surface area is 126 Å². The average molecular weight is 277 g/mol. The first-order valence-electron chi connectivity index (χ1n) is 7.06. The maximum atomic E-state index is 11.7. The van der Waals surface area contributed by atoms with Gasteiger partial charge in [-0.2, -0.15) is 0 Å². The van der Waals surface area contributed by atoms with Gasteiger partial charge in [-0.1, -0.05) is 53.9 Å². The Bertz CT molecular complexity index is 678. The Morgan fingerprint density at radius 3 is 2.57 bits per heavy atom. The van der Waals surface area contributed by atoms with E-state index in [0.717, 1.165) is 17.5 Å². The molecule has 0 saturated carbocycles. The number of rotatable bonds is 3. The van der Waals surface area contributed by atoms with Crippen LogP contribution in [-0.2, 0) is 11.2 Å². The van der Waals surface area contributed by atoms with Gasteiger partial charge in [0.1, 0.15) is 0 Å². The van der Waals surface area contributed by atoms with Gasteiger partial charge in [0.15, 0.2) is 0 Å². The van der Waals surface area contributed by atoms with Crippen LogP contribution in [-0.4, -0.2) is 12.5 Å². The molecule has 0 aliphatic carbocycles. The predicted octanol–water partition coefficient (Wildman–Crippen LogP) is 3.01. The molecule has 0 aliphatic heterocycles. The molecule has 0 heterocycles. The topological polar surface area (TPSA) is 29.1 Å². The molecule has 2 nitrogen and oxygen atoms in total. The third-order valence-electron chi connectivity index (χ3n) is 3.23. The number of hydrogen-bond donors (Lipinski definition) is 1. The van der Waals surface area contributed by atoms with Crippen molar-refractivity contribution in [3.05, 3.63) is 70.8 Å². The van der Waals surface area contributed by atoms with Crippen LogP contribution in [0.3, 0.4) is 0 Å². The number of amides is 1. The van der Waals surface area contributed by atoms with Gasteiger partial charge >= 0.3 is 0 Å². The zero-order valence-corrected chi connectivity index (χ0v) is 12.4. The highest BCUT2D eigenvalue weighted by atomic mass is 16.1. The molecule has 0 atom stereocenters. The van der Waals surface area contributed by atoms with Crippen molar-refractivity contribution in [1.82, 2.24) is 5.32 Å². The van der Waals surface area contributed by atoms with E-state index in [-0.39, 0.29) is 5.91 Å². The molecule has 0 aromatic heterocycles. The van der Waals surface area contributed by atoms with Crippen molar-refractivity contribution in [2.24, 2.45) is 0 Å². The zero-order chi connectivity index (χ0) is 15.1. The van der Waals surface area contributed by atoms with E-state index in [1.165, 1.54) is 11.1 Å². The lowest BCUT2D eigenvalue weighted by atomic mass is 10.1. The molecule has 0 saturated heterocycles. The highest BCUT2D eigenvalue weighted by Gasteiger charge is 1.97. The van der Waals surface area contributed by atoms with Crippen LogP contribution >= 0.6 is 0 Å². The van der Waals surface area contributed by atoms with E-state index in [1.807, 2.05) is 56.3 Å². The van der Waals surface area contributed by atoms with Crippen LogP contribution < -0.4 is 5.32 Å². The molecule has 1 N–H and O–H groups in total. The van der Waals surface area contributed by atoms with E-state index in [4.69, 9.17) is 0 Å². The highest BCUT2D eigenvalue weighted by Crippen LogP contribution is 2.08. The van der Waals surface area contributed by atoms with E-state index in [2.05, 4.69) is 23.2 Å². The fraction of sp³-hybridized carbons (Fsp3) is 0.211. The van der Waals surface area contributed by atoms with Crippen molar-refractivity contribution in [2.45, 2.75) is 20.3 Å².